The Hall–Kier alpha value is -2.72. The lowest BCUT2D eigenvalue weighted by atomic mass is 10.0. The zero-order valence-corrected chi connectivity index (χ0v) is 14.5. The Morgan fingerprint density at radius 2 is 1.80 bits per heavy atom. The second-order valence-corrected chi connectivity index (χ2v) is 6.70. The van der Waals surface area contributed by atoms with E-state index in [-0.39, 0.29) is 17.2 Å². The molecule has 1 unspecified atom stereocenters. The smallest absolute Gasteiger partial charge is 0.254 e. The van der Waals surface area contributed by atoms with E-state index < -0.39 is 16.9 Å². The number of amides is 1. The van der Waals surface area contributed by atoms with Crippen LogP contribution in [0.25, 0.3) is 0 Å². The highest BCUT2D eigenvalue weighted by molar-refractivity contribution is 7.81. The standard InChI is InChI=1S/C18H16FN3O2S/c1-18(2)16(24)21(13-4-3-11(10-20)15(19)9-13)17(25)22(18)12-5-7-14(23)8-6-12/h3-9,17,23,25H,1-2H3. The van der Waals surface area contributed by atoms with Gasteiger partial charge in [0.25, 0.3) is 5.91 Å². The summed E-state index contributed by atoms with van der Waals surface area (Å²) in [5.74, 6) is -0.812. The van der Waals surface area contributed by atoms with Crippen LogP contribution in [0.4, 0.5) is 15.8 Å². The van der Waals surface area contributed by atoms with Crippen molar-refractivity contribution in [1.82, 2.24) is 0 Å². The van der Waals surface area contributed by atoms with E-state index in [0.717, 1.165) is 6.07 Å². The number of aromatic hydroxyl groups is 1. The van der Waals surface area contributed by atoms with Crippen LogP contribution in [-0.2, 0) is 4.79 Å². The first-order chi connectivity index (χ1) is 11.8. The van der Waals surface area contributed by atoms with E-state index in [1.807, 2.05) is 0 Å². The summed E-state index contributed by atoms with van der Waals surface area (Å²) in [4.78, 5) is 16.1. The second-order valence-electron chi connectivity index (χ2n) is 6.24. The number of anilines is 2. The highest BCUT2D eigenvalue weighted by Crippen LogP contribution is 2.40. The predicted octanol–water partition coefficient (Wildman–Crippen LogP) is 3.25. The number of halogens is 1. The van der Waals surface area contributed by atoms with Crippen LogP contribution >= 0.6 is 12.6 Å². The third-order valence-corrected chi connectivity index (χ3v) is 4.75. The summed E-state index contributed by atoms with van der Waals surface area (Å²) < 4.78 is 14.0. The molecule has 0 aliphatic carbocycles. The van der Waals surface area contributed by atoms with Crippen LogP contribution in [0.1, 0.15) is 19.4 Å². The van der Waals surface area contributed by atoms with Gasteiger partial charge in [-0.15, -0.1) is 12.6 Å². The molecular formula is C18H16FN3O2S. The summed E-state index contributed by atoms with van der Waals surface area (Å²) in [6.07, 6.45) is 0. The molecule has 7 heteroatoms. The molecule has 1 saturated heterocycles. The Morgan fingerprint density at radius 1 is 1.20 bits per heavy atom. The number of rotatable bonds is 2. The zero-order valence-electron chi connectivity index (χ0n) is 13.6. The number of benzene rings is 2. The van der Waals surface area contributed by atoms with E-state index >= 15 is 0 Å². The molecule has 3 rings (SSSR count). The Labute approximate surface area is 150 Å². The average molecular weight is 357 g/mol. The predicted molar refractivity (Wildman–Crippen MR) is 96.0 cm³/mol. The number of nitrogens with zero attached hydrogens (tertiary/aromatic N) is 3. The molecule has 1 aliphatic rings. The molecule has 2 aromatic rings. The first-order valence-corrected chi connectivity index (χ1v) is 8.09. The Kier molecular flexibility index (Phi) is 4.09. The summed E-state index contributed by atoms with van der Waals surface area (Å²) in [5, 5.41) is 18.3. The molecule has 1 fully saturated rings. The maximum absolute atomic E-state index is 14.0. The highest BCUT2D eigenvalue weighted by atomic mass is 32.1. The first kappa shape index (κ1) is 17.1. The summed E-state index contributed by atoms with van der Waals surface area (Å²) in [6.45, 7) is 3.51. The molecule has 0 radical (unpaired) electrons. The van der Waals surface area contributed by atoms with Gasteiger partial charge in [0.2, 0.25) is 0 Å². The number of hydrogen-bond donors (Lipinski definition) is 2. The van der Waals surface area contributed by atoms with Gasteiger partial charge in [-0.05, 0) is 56.3 Å². The molecule has 0 aromatic heterocycles. The molecule has 1 N–H and O–H groups in total. The minimum absolute atomic E-state index is 0.0826. The quantitative estimate of drug-likeness (QED) is 0.810. The Morgan fingerprint density at radius 3 is 2.36 bits per heavy atom. The van der Waals surface area contributed by atoms with Gasteiger partial charge in [-0.2, -0.15) is 5.26 Å². The lowest BCUT2D eigenvalue weighted by molar-refractivity contribution is -0.120. The molecule has 0 spiro atoms. The monoisotopic (exact) mass is 357 g/mol. The van der Waals surface area contributed by atoms with Crippen LogP contribution in [0.3, 0.4) is 0 Å². The minimum atomic E-state index is -0.923. The number of carbonyl (C=O) groups is 1. The van der Waals surface area contributed by atoms with Gasteiger partial charge in [-0.3, -0.25) is 9.69 Å². The van der Waals surface area contributed by atoms with Crippen LogP contribution < -0.4 is 9.80 Å². The van der Waals surface area contributed by atoms with E-state index in [1.165, 1.54) is 29.2 Å². The van der Waals surface area contributed by atoms with Crippen molar-refractivity contribution in [2.75, 3.05) is 9.80 Å². The van der Waals surface area contributed by atoms with E-state index in [2.05, 4.69) is 12.6 Å². The van der Waals surface area contributed by atoms with E-state index in [4.69, 9.17) is 5.26 Å². The molecule has 1 amide bonds. The average Bonchev–Trinajstić information content (AvgIpc) is 2.74. The summed E-state index contributed by atoms with van der Waals surface area (Å²) in [5.41, 5.74) is -0.642. The van der Waals surface area contributed by atoms with Crippen LogP contribution in [0.15, 0.2) is 42.5 Å². The molecule has 128 valence electrons. The molecule has 1 aliphatic heterocycles. The molecule has 1 heterocycles. The van der Waals surface area contributed by atoms with Crippen molar-refractivity contribution in [3.8, 4) is 11.8 Å². The van der Waals surface area contributed by atoms with E-state index in [1.54, 1.807) is 36.9 Å². The van der Waals surface area contributed by atoms with Crippen molar-refractivity contribution >= 4 is 29.9 Å². The molecule has 2 aromatic carbocycles. The second kappa shape index (κ2) is 5.97. The third kappa shape index (κ3) is 2.68. The third-order valence-electron chi connectivity index (χ3n) is 4.29. The van der Waals surface area contributed by atoms with E-state index in [0.29, 0.717) is 11.4 Å². The fourth-order valence-electron chi connectivity index (χ4n) is 2.97. The largest absolute Gasteiger partial charge is 0.508 e. The number of carbonyl (C=O) groups excluding carboxylic acids is 1. The number of phenols is 1. The van der Waals surface area contributed by atoms with E-state index in [9.17, 15) is 14.3 Å². The number of thiol groups is 1. The van der Waals surface area contributed by atoms with Crippen molar-refractivity contribution in [3.63, 3.8) is 0 Å². The molecule has 0 saturated carbocycles. The fourth-order valence-corrected chi connectivity index (χ4v) is 3.63. The van der Waals surface area contributed by atoms with Crippen molar-refractivity contribution in [2.24, 2.45) is 0 Å². The van der Waals surface area contributed by atoms with Gasteiger partial charge in [-0.25, -0.2) is 4.39 Å². The highest BCUT2D eigenvalue weighted by Gasteiger charge is 2.51. The van der Waals surface area contributed by atoms with Crippen molar-refractivity contribution in [3.05, 3.63) is 53.8 Å². The Balaban J connectivity index is 2.05. The van der Waals surface area contributed by atoms with Gasteiger partial charge < -0.3 is 10.0 Å². The first-order valence-electron chi connectivity index (χ1n) is 7.57. The topological polar surface area (TPSA) is 67.6 Å². The van der Waals surface area contributed by atoms with Gasteiger partial charge in [0.15, 0.2) is 5.50 Å². The van der Waals surface area contributed by atoms with Crippen LogP contribution in [-0.4, -0.2) is 22.1 Å². The van der Waals surface area contributed by atoms with Gasteiger partial charge in [0.05, 0.1) is 5.56 Å². The van der Waals surface area contributed by atoms with Gasteiger partial charge in [-0.1, -0.05) is 0 Å². The zero-order chi connectivity index (χ0) is 18.4. The maximum Gasteiger partial charge on any atom is 0.254 e. The van der Waals surface area contributed by atoms with Gasteiger partial charge in [0, 0.05) is 11.4 Å². The summed E-state index contributed by atoms with van der Waals surface area (Å²) in [7, 11) is 0. The van der Waals surface area contributed by atoms with Crippen molar-refractivity contribution < 1.29 is 14.3 Å². The SMILES string of the molecule is CC1(C)C(=O)N(c2ccc(C#N)c(F)c2)C(S)N1c1ccc(O)cc1. The minimum Gasteiger partial charge on any atom is -0.508 e. The maximum atomic E-state index is 14.0. The van der Waals surface area contributed by atoms with Gasteiger partial charge >= 0.3 is 0 Å². The number of hydrogen-bond acceptors (Lipinski definition) is 5. The molecule has 5 nitrogen and oxygen atoms in total. The van der Waals surface area contributed by atoms with Crippen molar-refractivity contribution in [1.29, 1.82) is 5.26 Å². The fraction of sp³-hybridized carbons (Fsp3) is 0.222. The Bertz CT molecular complexity index is 877. The van der Waals surface area contributed by atoms with Gasteiger partial charge in [0.1, 0.15) is 23.2 Å². The molecule has 0 bridgehead atoms. The lowest BCUT2D eigenvalue weighted by Gasteiger charge is -2.33. The van der Waals surface area contributed by atoms with Crippen LogP contribution in [0.2, 0.25) is 0 Å². The molecular weight excluding hydrogens is 341 g/mol. The molecule has 25 heavy (non-hydrogen) atoms. The van der Waals surface area contributed by atoms with Crippen molar-refractivity contribution in [2.45, 2.75) is 24.9 Å². The molecule has 1 atom stereocenters. The summed E-state index contributed by atoms with van der Waals surface area (Å²) >= 11 is 4.57. The number of phenolic OH excluding ortho intramolecular Hbond substituents is 1. The van der Waals surface area contributed by atoms with Crippen LogP contribution in [0, 0.1) is 17.1 Å². The van der Waals surface area contributed by atoms with Crippen LogP contribution in [0.5, 0.6) is 5.75 Å². The number of nitriles is 1. The lowest BCUT2D eigenvalue weighted by Crippen LogP contribution is -2.44. The summed E-state index contributed by atoms with van der Waals surface area (Å²) in [6, 6.07) is 12.2. The normalized spacial score (nSPS) is 19.2.